The lowest BCUT2D eigenvalue weighted by atomic mass is 10.1. The highest BCUT2D eigenvalue weighted by Gasteiger charge is 2.73. The van der Waals surface area contributed by atoms with Crippen molar-refractivity contribution < 1.29 is 31.1 Å². The number of rotatable bonds is 6. The topological polar surface area (TPSA) is 79.8 Å². The van der Waals surface area contributed by atoms with Crippen LogP contribution in [0, 0.1) is 0 Å². The third-order valence-electron chi connectivity index (χ3n) is 3.04. The van der Waals surface area contributed by atoms with Crippen LogP contribution in [0.2, 0.25) is 0 Å². The Hall–Kier alpha value is -2.09. The van der Waals surface area contributed by atoms with Gasteiger partial charge in [-0.1, -0.05) is 30.0 Å². The summed E-state index contributed by atoms with van der Waals surface area (Å²) in [5, 5.41) is 8.35. The van der Waals surface area contributed by atoms with Gasteiger partial charge in [0.05, 0.1) is 5.56 Å². The molecule has 2 heterocycles. The Balaban J connectivity index is 2.45. The average Bonchev–Trinajstić information content (AvgIpc) is 3.00. The predicted molar refractivity (Wildman–Crippen MR) is 86.5 cm³/mol. The molecule has 2 aromatic rings. The molecule has 0 unspecified atom stereocenters. The third kappa shape index (κ3) is 4.61. The summed E-state index contributed by atoms with van der Waals surface area (Å²) in [6.45, 7) is 1.73. The van der Waals surface area contributed by atoms with Crippen LogP contribution in [0.3, 0.4) is 0 Å². The molecule has 0 aliphatic carbocycles. The van der Waals surface area contributed by atoms with Crippen molar-refractivity contribution in [2.75, 3.05) is 11.1 Å². The van der Waals surface area contributed by atoms with Crippen molar-refractivity contribution in [3.63, 3.8) is 0 Å². The van der Waals surface area contributed by atoms with Gasteiger partial charge in [-0.3, -0.25) is 9.78 Å². The zero-order valence-corrected chi connectivity index (χ0v) is 15.0. The highest BCUT2D eigenvalue weighted by Crippen LogP contribution is 2.44. The fourth-order valence-electron chi connectivity index (χ4n) is 1.82. The minimum Gasteiger partial charge on any atom is -0.322 e. The number of pyridine rings is 1. The number of carbonyl (C=O) groups is 1. The number of hydrogen-bond donors (Lipinski definition) is 2. The summed E-state index contributed by atoms with van der Waals surface area (Å²) in [7, 11) is 0. The van der Waals surface area contributed by atoms with E-state index in [0.29, 0.717) is 17.1 Å². The third-order valence-corrected chi connectivity index (χ3v) is 4.90. The van der Waals surface area contributed by atoms with Crippen molar-refractivity contribution >= 4 is 34.1 Å². The van der Waals surface area contributed by atoms with Gasteiger partial charge in [0, 0.05) is 12.4 Å². The molecule has 0 fully saturated rings. The Bertz CT molecular complexity index is 765. The molecule has 1 amide bonds. The summed E-state index contributed by atoms with van der Waals surface area (Å²) in [6, 6.07) is 2.23. The molecule has 6 nitrogen and oxygen atoms in total. The molecule has 0 radical (unpaired) electrons. The summed E-state index contributed by atoms with van der Waals surface area (Å²) in [6.07, 6.45) is -9.82. The highest BCUT2D eigenvalue weighted by molar-refractivity contribution is 8.01. The number of nitrogens with zero attached hydrogens (tertiary/aromatic N) is 3. The SMILES string of the molecule is CCSc1nnc(NC(NC(=O)c2cccnc2)(C(F)(F)F)C(F)(F)F)s1. The van der Waals surface area contributed by atoms with Gasteiger partial charge in [-0.25, -0.2) is 0 Å². The van der Waals surface area contributed by atoms with Crippen LogP contribution in [0.5, 0.6) is 0 Å². The summed E-state index contributed by atoms with van der Waals surface area (Å²) in [5.74, 6) is -1.12. The monoisotopic (exact) mass is 431 g/mol. The average molecular weight is 431 g/mol. The second-order valence-electron chi connectivity index (χ2n) is 4.87. The molecule has 0 aliphatic rings. The van der Waals surface area contributed by atoms with Crippen molar-refractivity contribution in [1.82, 2.24) is 20.5 Å². The van der Waals surface area contributed by atoms with Crippen molar-refractivity contribution in [2.45, 2.75) is 29.3 Å². The predicted octanol–water partition coefficient (Wildman–Crippen LogP) is 3.71. The molecular weight excluding hydrogens is 420 g/mol. The fraction of sp³-hybridized carbons (Fsp3) is 0.385. The van der Waals surface area contributed by atoms with Crippen molar-refractivity contribution in [2.24, 2.45) is 0 Å². The summed E-state index contributed by atoms with van der Waals surface area (Å²) < 4.78 is 81.3. The Morgan fingerprint density at radius 1 is 1.19 bits per heavy atom. The van der Waals surface area contributed by atoms with E-state index in [0.717, 1.165) is 29.3 Å². The van der Waals surface area contributed by atoms with E-state index in [1.165, 1.54) is 17.6 Å². The Labute approximate surface area is 156 Å². The van der Waals surface area contributed by atoms with Gasteiger partial charge in [-0.2, -0.15) is 26.3 Å². The van der Waals surface area contributed by atoms with E-state index in [1.807, 2.05) is 0 Å². The fourth-order valence-corrected chi connectivity index (χ4v) is 3.52. The molecule has 27 heavy (non-hydrogen) atoms. The van der Waals surface area contributed by atoms with E-state index in [-0.39, 0.29) is 4.34 Å². The number of carbonyl (C=O) groups excluding carboxylic acids is 1. The van der Waals surface area contributed by atoms with Gasteiger partial charge in [0.25, 0.3) is 5.91 Å². The first-order valence-electron chi connectivity index (χ1n) is 7.10. The maximum Gasteiger partial charge on any atom is 0.439 e. The summed E-state index contributed by atoms with van der Waals surface area (Å²) in [4.78, 5) is 15.5. The number of anilines is 1. The number of hydrogen-bond acceptors (Lipinski definition) is 7. The molecule has 14 heteroatoms. The van der Waals surface area contributed by atoms with Crippen LogP contribution >= 0.6 is 23.1 Å². The largest absolute Gasteiger partial charge is 0.439 e. The highest BCUT2D eigenvalue weighted by atomic mass is 32.2. The van der Waals surface area contributed by atoms with Crippen LogP contribution in [0.25, 0.3) is 0 Å². The molecule has 0 atom stereocenters. The van der Waals surface area contributed by atoms with Gasteiger partial charge in [0.15, 0.2) is 4.34 Å². The molecule has 0 saturated heterocycles. The standard InChI is InChI=1S/C13H11F6N5OS2/c1-2-26-10-24-23-9(27-10)22-11(12(14,15)16,13(17,18)19)21-8(25)7-4-3-5-20-6-7/h3-6H,2H2,1H3,(H,21,25)(H,22,23). The zero-order chi connectivity index (χ0) is 20.3. The van der Waals surface area contributed by atoms with E-state index in [2.05, 4.69) is 15.2 Å². The van der Waals surface area contributed by atoms with Crippen LogP contribution < -0.4 is 10.6 Å². The molecule has 2 aromatic heterocycles. The van der Waals surface area contributed by atoms with Crippen LogP contribution in [0.1, 0.15) is 17.3 Å². The van der Waals surface area contributed by atoms with Crippen LogP contribution in [-0.4, -0.2) is 44.9 Å². The first-order chi connectivity index (χ1) is 12.5. The first-order valence-corrected chi connectivity index (χ1v) is 8.91. The van der Waals surface area contributed by atoms with Gasteiger partial charge in [0.2, 0.25) is 5.13 Å². The van der Waals surface area contributed by atoms with Crippen molar-refractivity contribution in [3.05, 3.63) is 30.1 Å². The van der Waals surface area contributed by atoms with Gasteiger partial charge in [0.1, 0.15) is 0 Å². The van der Waals surface area contributed by atoms with Crippen molar-refractivity contribution in [3.8, 4) is 0 Å². The number of nitrogens with one attached hydrogen (secondary N) is 2. The minimum absolute atomic E-state index is 0.178. The first kappa shape index (κ1) is 21.2. The molecule has 2 N–H and O–H groups in total. The molecule has 148 valence electrons. The Morgan fingerprint density at radius 2 is 1.85 bits per heavy atom. The molecule has 0 saturated carbocycles. The molecule has 0 aromatic carbocycles. The number of thioether (sulfide) groups is 1. The molecular formula is C13H11F6N5OS2. The van der Waals surface area contributed by atoms with Crippen LogP contribution in [0.4, 0.5) is 31.5 Å². The lowest BCUT2D eigenvalue weighted by Crippen LogP contribution is -2.72. The maximum absolute atomic E-state index is 13.5. The molecule has 0 aliphatic heterocycles. The minimum atomic E-state index is -5.94. The summed E-state index contributed by atoms with van der Waals surface area (Å²) >= 11 is 1.60. The van der Waals surface area contributed by atoms with E-state index in [9.17, 15) is 31.1 Å². The van der Waals surface area contributed by atoms with Crippen LogP contribution in [0.15, 0.2) is 28.9 Å². The lowest BCUT2D eigenvalue weighted by Gasteiger charge is -2.37. The zero-order valence-electron chi connectivity index (χ0n) is 13.4. The number of halogens is 6. The van der Waals surface area contributed by atoms with Crippen LogP contribution in [-0.2, 0) is 0 Å². The second kappa shape index (κ2) is 7.88. The van der Waals surface area contributed by atoms with E-state index in [4.69, 9.17) is 0 Å². The van der Waals surface area contributed by atoms with Gasteiger partial charge in [-0.15, -0.1) is 10.2 Å². The molecule has 0 spiro atoms. The second-order valence-corrected chi connectivity index (χ2v) is 7.36. The number of amides is 1. The van der Waals surface area contributed by atoms with Crippen molar-refractivity contribution in [1.29, 1.82) is 0 Å². The van der Waals surface area contributed by atoms with E-state index < -0.39 is 34.6 Å². The smallest absolute Gasteiger partial charge is 0.322 e. The van der Waals surface area contributed by atoms with Gasteiger partial charge < -0.3 is 10.6 Å². The Morgan fingerprint density at radius 3 is 2.37 bits per heavy atom. The number of aromatic nitrogens is 3. The van der Waals surface area contributed by atoms with Gasteiger partial charge >= 0.3 is 18.0 Å². The van der Waals surface area contributed by atoms with E-state index >= 15 is 0 Å². The van der Waals surface area contributed by atoms with Gasteiger partial charge in [-0.05, 0) is 17.9 Å². The maximum atomic E-state index is 13.5. The molecule has 0 bridgehead atoms. The van der Waals surface area contributed by atoms with E-state index in [1.54, 1.807) is 6.92 Å². The normalized spacial score (nSPS) is 12.7. The quantitative estimate of drug-likeness (QED) is 0.413. The lowest BCUT2D eigenvalue weighted by molar-refractivity contribution is -0.294. The Kier molecular flexibility index (Phi) is 6.19. The summed E-state index contributed by atoms with van der Waals surface area (Å²) in [5.41, 5.74) is -5.24. The number of alkyl halides is 6. The molecule has 2 rings (SSSR count).